The minimum Gasteiger partial charge on any atom is -0.465 e. The molecule has 2 aromatic rings. The van der Waals surface area contributed by atoms with Crippen LogP contribution in [-0.4, -0.2) is 39.1 Å². The number of hydrogen-bond acceptors (Lipinski definition) is 3. The van der Waals surface area contributed by atoms with E-state index in [1.807, 2.05) is 11.0 Å². The van der Waals surface area contributed by atoms with Gasteiger partial charge in [0.2, 0.25) is 5.91 Å². The number of nitrogens with one attached hydrogen (secondary N) is 2. The zero-order valence-electron chi connectivity index (χ0n) is 17.4. The monoisotopic (exact) mass is 426 g/mol. The van der Waals surface area contributed by atoms with Crippen molar-refractivity contribution in [3.8, 4) is 6.07 Å². The molecule has 31 heavy (non-hydrogen) atoms. The molecule has 0 radical (unpaired) electrons. The van der Waals surface area contributed by atoms with Gasteiger partial charge >= 0.3 is 6.09 Å². The number of benzene rings is 1. The molecule has 1 aromatic heterocycles. The summed E-state index contributed by atoms with van der Waals surface area (Å²) in [6.45, 7) is 1.39. The van der Waals surface area contributed by atoms with Gasteiger partial charge < -0.3 is 20.3 Å². The summed E-state index contributed by atoms with van der Waals surface area (Å²) in [5.41, 5.74) is 2.50. The van der Waals surface area contributed by atoms with Crippen LogP contribution in [0, 0.1) is 23.1 Å². The molecule has 2 aliphatic carbocycles. The molecule has 3 N–H and O–H groups in total. The number of carbonyl (C=O) groups is 2. The topological polar surface area (TPSA) is 109 Å². The second kappa shape index (κ2) is 8.58. The third-order valence-corrected chi connectivity index (χ3v) is 6.51. The first-order valence-corrected chi connectivity index (χ1v) is 10.9. The highest BCUT2D eigenvalue weighted by Crippen LogP contribution is 2.34. The molecule has 0 bridgehead atoms. The highest BCUT2D eigenvalue weighted by atomic mass is 19.1. The zero-order valence-corrected chi connectivity index (χ0v) is 17.4. The van der Waals surface area contributed by atoms with E-state index in [-0.39, 0.29) is 11.7 Å². The van der Waals surface area contributed by atoms with Crippen LogP contribution in [0.5, 0.6) is 0 Å². The lowest BCUT2D eigenvalue weighted by Gasteiger charge is -2.32. The molecule has 1 aliphatic heterocycles. The summed E-state index contributed by atoms with van der Waals surface area (Å²) >= 11 is 0. The number of halogens is 1. The number of hydrogen-bond donors (Lipinski definition) is 3. The van der Waals surface area contributed by atoms with E-state index in [0.29, 0.717) is 25.3 Å². The summed E-state index contributed by atoms with van der Waals surface area (Å²) < 4.78 is 13.5. The summed E-state index contributed by atoms with van der Waals surface area (Å²) in [5.74, 6) is 0.290. The molecule has 7 nitrogen and oxygen atoms in total. The Morgan fingerprint density at radius 2 is 2.00 bits per heavy atom. The van der Waals surface area contributed by atoms with Gasteiger partial charge in [0.05, 0.1) is 6.07 Å². The number of nitriles is 1. The molecular formula is C23H27FN4O3. The maximum Gasteiger partial charge on any atom is 0.405 e. The fraction of sp³-hybridized carbons (Fsp3) is 0.522. The highest BCUT2D eigenvalue weighted by Gasteiger charge is 2.44. The molecule has 0 atom stereocenters. The molecule has 2 amide bonds. The molecule has 1 aromatic carbocycles. The van der Waals surface area contributed by atoms with Crippen LogP contribution in [-0.2, 0) is 17.8 Å². The van der Waals surface area contributed by atoms with E-state index >= 15 is 0 Å². The van der Waals surface area contributed by atoms with Crippen LogP contribution in [0.25, 0.3) is 10.9 Å². The third-order valence-electron chi connectivity index (χ3n) is 6.51. The number of H-pyrrole nitrogens is 1. The summed E-state index contributed by atoms with van der Waals surface area (Å²) in [4.78, 5) is 28.0. The Morgan fingerprint density at radius 1 is 1.26 bits per heavy atom. The van der Waals surface area contributed by atoms with Crippen molar-refractivity contribution in [2.45, 2.75) is 63.5 Å². The van der Waals surface area contributed by atoms with E-state index < -0.39 is 11.6 Å². The molecule has 2 saturated carbocycles. The number of fused-ring (bicyclic) bond motifs is 3. The van der Waals surface area contributed by atoms with Crippen molar-refractivity contribution in [1.82, 2.24) is 15.2 Å². The molecule has 0 spiro atoms. The molecule has 8 heteroatoms. The average molecular weight is 426 g/mol. The van der Waals surface area contributed by atoms with E-state index in [1.165, 1.54) is 25.3 Å². The van der Waals surface area contributed by atoms with Crippen molar-refractivity contribution in [1.29, 1.82) is 5.26 Å². The van der Waals surface area contributed by atoms with E-state index in [9.17, 15) is 14.0 Å². The van der Waals surface area contributed by atoms with Gasteiger partial charge in [-0.3, -0.25) is 4.79 Å². The standard InChI is InChI=1S/C18H21FN2O.C5H6N2O2/c19-13-6-7-16-14(10-13)15-11-21(9-8-17(15)20-16)18(22)12-4-2-1-3-5-12;6-3-5(1-2-5)7-4(8)9/h6-7,10,12,20H,1-5,8-9,11H2;7H,1-2H2,(H,8,9). The number of aromatic nitrogens is 1. The van der Waals surface area contributed by atoms with Gasteiger partial charge in [-0.05, 0) is 43.9 Å². The van der Waals surface area contributed by atoms with Crippen molar-refractivity contribution in [2.24, 2.45) is 5.92 Å². The number of rotatable bonds is 2. The Hall–Kier alpha value is -3.08. The van der Waals surface area contributed by atoms with Gasteiger partial charge in [0.15, 0.2) is 0 Å². The molecule has 0 saturated heterocycles. The molecule has 2 heterocycles. The largest absolute Gasteiger partial charge is 0.465 e. The van der Waals surface area contributed by atoms with Gasteiger partial charge in [-0.15, -0.1) is 0 Å². The van der Waals surface area contributed by atoms with Crippen molar-refractivity contribution in [3.63, 3.8) is 0 Å². The van der Waals surface area contributed by atoms with Crippen molar-refractivity contribution >= 4 is 22.9 Å². The lowest BCUT2D eigenvalue weighted by Crippen LogP contribution is -2.40. The van der Waals surface area contributed by atoms with Crippen molar-refractivity contribution in [2.75, 3.05) is 6.54 Å². The third kappa shape index (κ3) is 4.66. The van der Waals surface area contributed by atoms with Crippen LogP contribution in [0.4, 0.5) is 9.18 Å². The van der Waals surface area contributed by atoms with E-state index in [1.54, 1.807) is 12.1 Å². The highest BCUT2D eigenvalue weighted by molar-refractivity contribution is 5.86. The van der Waals surface area contributed by atoms with Crippen molar-refractivity contribution < 1.29 is 19.1 Å². The van der Waals surface area contributed by atoms with Gasteiger partial charge in [-0.1, -0.05) is 19.3 Å². The number of carbonyl (C=O) groups excluding carboxylic acids is 1. The maximum atomic E-state index is 13.5. The summed E-state index contributed by atoms with van der Waals surface area (Å²) in [6.07, 6.45) is 6.69. The molecular weight excluding hydrogens is 399 g/mol. The van der Waals surface area contributed by atoms with Crippen LogP contribution in [0.2, 0.25) is 0 Å². The van der Waals surface area contributed by atoms with Gasteiger partial charge in [0, 0.05) is 47.6 Å². The lowest BCUT2D eigenvalue weighted by atomic mass is 9.87. The first-order valence-electron chi connectivity index (χ1n) is 10.9. The lowest BCUT2D eigenvalue weighted by molar-refractivity contribution is -0.137. The van der Waals surface area contributed by atoms with E-state index in [2.05, 4.69) is 10.3 Å². The number of nitrogens with zero attached hydrogens (tertiary/aromatic N) is 2. The van der Waals surface area contributed by atoms with E-state index in [0.717, 1.165) is 48.0 Å². The Labute approximate surface area is 180 Å². The summed E-state index contributed by atoms with van der Waals surface area (Å²) in [6, 6.07) is 6.74. The summed E-state index contributed by atoms with van der Waals surface area (Å²) in [5, 5.41) is 19.5. The maximum absolute atomic E-state index is 13.5. The van der Waals surface area contributed by atoms with Crippen LogP contribution >= 0.6 is 0 Å². The number of carboxylic acid groups (broad SMARTS) is 1. The molecule has 2 fully saturated rings. The van der Waals surface area contributed by atoms with Gasteiger partial charge in [-0.25, -0.2) is 9.18 Å². The first-order chi connectivity index (χ1) is 14.9. The molecule has 3 aliphatic rings. The molecule has 5 rings (SSSR count). The first kappa shape index (κ1) is 21.2. The van der Waals surface area contributed by atoms with Crippen LogP contribution in [0.1, 0.15) is 56.2 Å². The smallest absolute Gasteiger partial charge is 0.405 e. The van der Waals surface area contributed by atoms with Crippen LogP contribution < -0.4 is 5.32 Å². The molecule has 164 valence electrons. The Kier molecular flexibility index (Phi) is 5.86. The fourth-order valence-corrected chi connectivity index (χ4v) is 4.58. The van der Waals surface area contributed by atoms with Crippen molar-refractivity contribution in [3.05, 3.63) is 35.3 Å². The fourth-order valence-electron chi connectivity index (χ4n) is 4.58. The second-order valence-corrected chi connectivity index (χ2v) is 8.74. The zero-order chi connectivity index (χ0) is 22.0. The van der Waals surface area contributed by atoms with Gasteiger partial charge in [0.1, 0.15) is 11.4 Å². The van der Waals surface area contributed by atoms with Crippen LogP contribution in [0.15, 0.2) is 18.2 Å². The minimum atomic E-state index is -1.12. The van der Waals surface area contributed by atoms with E-state index in [4.69, 9.17) is 10.4 Å². The average Bonchev–Trinajstić information content (AvgIpc) is 3.45. The molecule has 0 unspecified atom stereocenters. The van der Waals surface area contributed by atoms with Gasteiger partial charge in [-0.2, -0.15) is 5.26 Å². The van der Waals surface area contributed by atoms with Crippen LogP contribution in [0.3, 0.4) is 0 Å². The predicted octanol–water partition coefficient (Wildman–Crippen LogP) is 4.08. The Morgan fingerprint density at radius 3 is 2.61 bits per heavy atom. The second-order valence-electron chi connectivity index (χ2n) is 8.74. The normalized spacial score (nSPS) is 19.5. The van der Waals surface area contributed by atoms with Gasteiger partial charge in [0.25, 0.3) is 0 Å². The Balaban J connectivity index is 0.000000217. The quantitative estimate of drug-likeness (QED) is 0.672. The predicted molar refractivity (Wildman–Crippen MR) is 113 cm³/mol. The number of amides is 2. The SMILES string of the molecule is N#CC1(NC(=O)O)CC1.O=C(C1CCCCC1)N1CCc2[nH]c3ccc(F)cc3c2C1. The summed E-state index contributed by atoms with van der Waals surface area (Å²) in [7, 11) is 0. The minimum absolute atomic E-state index is 0.206. The Bertz CT molecular complexity index is 1030. The number of aromatic amines is 1.